The van der Waals surface area contributed by atoms with Gasteiger partial charge < -0.3 is 10.2 Å². The molecular weight excluding hydrogens is 234 g/mol. The highest BCUT2D eigenvalue weighted by molar-refractivity contribution is 5.84. The average Bonchev–Trinajstić information content (AvgIpc) is 2.82. The van der Waals surface area contributed by atoms with Gasteiger partial charge in [0.2, 0.25) is 5.95 Å². The molecule has 0 radical (unpaired) electrons. The molecule has 0 saturated heterocycles. The van der Waals surface area contributed by atoms with Gasteiger partial charge in [-0.2, -0.15) is 9.98 Å². The van der Waals surface area contributed by atoms with Gasteiger partial charge in [0, 0.05) is 0 Å². The molecule has 18 heavy (non-hydrogen) atoms. The zero-order chi connectivity index (χ0) is 12.7. The molecule has 1 aromatic carbocycles. The van der Waals surface area contributed by atoms with Crippen molar-refractivity contribution >= 4 is 11.9 Å². The lowest BCUT2D eigenvalue weighted by Gasteiger charge is -1.85. The monoisotopic (exact) mass is 243 g/mol. The van der Waals surface area contributed by atoms with E-state index in [2.05, 4.69) is 24.9 Å². The Morgan fingerprint density at radius 2 is 1.94 bits per heavy atom. The maximum atomic E-state index is 9.13. The van der Waals surface area contributed by atoms with E-state index < -0.39 is 11.8 Å². The van der Waals surface area contributed by atoms with Crippen LogP contribution in [0.2, 0.25) is 0 Å². The summed E-state index contributed by atoms with van der Waals surface area (Å²) < 4.78 is 0. The molecule has 2 heterocycles. The van der Waals surface area contributed by atoms with Gasteiger partial charge in [-0.3, -0.25) is 4.98 Å². The lowest BCUT2D eigenvalue weighted by atomic mass is 10.2. The van der Waals surface area contributed by atoms with Crippen LogP contribution in [0.5, 0.6) is 11.8 Å². The lowest BCUT2D eigenvalue weighted by molar-refractivity contribution is 0.386. The van der Waals surface area contributed by atoms with Crippen LogP contribution >= 0.6 is 0 Å². The zero-order valence-electron chi connectivity index (χ0n) is 9.42. The highest BCUT2D eigenvalue weighted by atomic mass is 16.3. The molecule has 7 nitrogen and oxygen atoms in total. The lowest BCUT2D eigenvalue weighted by Crippen LogP contribution is -2.20. The predicted octanol–water partition coefficient (Wildman–Crippen LogP) is 0.0698. The van der Waals surface area contributed by atoms with E-state index in [0.29, 0.717) is 0 Å². The Hall–Kier alpha value is -2.70. The van der Waals surface area contributed by atoms with Gasteiger partial charge in [0.15, 0.2) is 0 Å². The fraction of sp³-hybridized carbons (Fsp3) is 0.0909. The third kappa shape index (κ3) is 1.71. The van der Waals surface area contributed by atoms with Crippen molar-refractivity contribution in [3.63, 3.8) is 0 Å². The van der Waals surface area contributed by atoms with Gasteiger partial charge in [-0.15, -0.1) is 0 Å². The van der Waals surface area contributed by atoms with E-state index in [1.54, 1.807) is 0 Å². The molecule has 3 rings (SSSR count). The first kappa shape index (κ1) is 10.5. The van der Waals surface area contributed by atoms with Crippen molar-refractivity contribution in [1.82, 2.24) is 9.97 Å². The Labute approximate surface area is 101 Å². The van der Waals surface area contributed by atoms with E-state index in [0.717, 1.165) is 16.3 Å². The molecule has 1 aliphatic rings. The third-order valence-electron chi connectivity index (χ3n) is 2.43. The SMILES string of the molecule is Cc1ccc2c(c1)=N/C(=N/c1nc(O)c(O)[nH]1)N=2. The largest absolute Gasteiger partial charge is 0.491 e. The second-order valence-corrected chi connectivity index (χ2v) is 3.86. The van der Waals surface area contributed by atoms with Crippen molar-refractivity contribution in [3.05, 3.63) is 34.5 Å². The number of aliphatic imine (C=N–C) groups is 1. The Balaban J connectivity index is 2.06. The molecule has 0 amide bonds. The molecule has 0 saturated carbocycles. The number of imidazole rings is 1. The van der Waals surface area contributed by atoms with Crippen molar-refractivity contribution in [2.45, 2.75) is 6.92 Å². The second kappa shape index (κ2) is 3.66. The summed E-state index contributed by atoms with van der Waals surface area (Å²) in [5.74, 6) is -0.650. The first-order valence-electron chi connectivity index (χ1n) is 5.22. The van der Waals surface area contributed by atoms with Gasteiger partial charge in [-0.25, -0.2) is 9.98 Å². The van der Waals surface area contributed by atoms with E-state index in [-0.39, 0.29) is 11.9 Å². The number of nitrogens with one attached hydrogen (secondary N) is 1. The molecule has 90 valence electrons. The van der Waals surface area contributed by atoms with Crippen LogP contribution in [0.3, 0.4) is 0 Å². The molecule has 7 heteroatoms. The van der Waals surface area contributed by atoms with E-state index >= 15 is 0 Å². The Morgan fingerprint density at radius 1 is 1.17 bits per heavy atom. The Bertz CT molecular complexity index is 756. The van der Waals surface area contributed by atoms with Crippen LogP contribution in [-0.2, 0) is 0 Å². The minimum absolute atomic E-state index is 0.0528. The van der Waals surface area contributed by atoms with Crippen LogP contribution in [0.25, 0.3) is 0 Å². The number of aromatic hydroxyl groups is 2. The van der Waals surface area contributed by atoms with Gasteiger partial charge in [-0.1, -0.05) is 6.07 Å². The number of guanidine groups is 1. The van der Waals surface area contributed by atoms with Crippen molar-refractivity contribution in [1.29, 1.82) is 0 Å². The molecule has 0 unspecified atom stereocenters. The number of aromatic nitrogens is 2. The number of aromatic amines is 1. The summed E-state index contributed by atoms with van der Waals surface area (Å²) in [7, 11) is 0. The first-order valence-corrected chi connectivity index (χ1v) is 5.22. The first-order chi connectivity index (χ1) is 8.61. The zero-order valence-corrected chi connectivity index (χ0v) is 9.42. The number of rotatable bonds is 1. The summed E-state index contributed by atoms with van der Waals surface area (Å²) >= 11 is 0. The summed E-state index contributed by atoms with van der Waals surface area (Å²) in [6.45, 7) is 1.97. The molecule has 0 spiro atoms. The molecule has 1 aromatic heterocycles. The van der Waals surface area contributed by atoms with E-state index in [1.165, 1.54) is 0 Å². The van der Waals surface area contributed by atoms with E-state index in [1.807, 2.05) is 25.1 Å². The quantitative estimate of drug-likeness (QED) is 0.659. The fourth-order valence-corrected chi connectivity index (χ4v) is 1.60. The molecule has 2 aromatic rings. The number of H-pyrrole nitrogens is 1. The van der Waals surface area contributed by atoms with Crippen LogP contribution < -0.4 is 10.7 Å². The molecular formula is C11H9N5O2. The number of nitrogens with zero attached hydrogens (tertiary/aromatic N) is 4. The molecule has 0 aliphatic carbocycles. The molecule has 3 N–H and O–H groups in total. The average molecular weight is 243 g/mol. The topological polar surface area (TPSA) is 106 Å². The van der Waals surface area contributed by atoms with Crippen molar-refractivity contribution in [3.8, 4) is 11.8 Å². The summed E-state index contributed by atoms with van der Waals surface area (Å²) in [6.07, 6.45) is 0. The van der Waals surface area contributed by atoms with Crippen LogP contribution in [-0.4, -0.2) is 26.1 Å². The summed E-state index contributed by atoms with van der Waals surface area (Å²) in [4.78, 5) is 18.4. The summed E-state index contributed by atoms with van der Waals surface area (Å²) in [6, 6.07) is 5.69. The van der Waals surface area contributed by atoms with Crippen molar-refractivity contribution in [2.24, 2.45) is 15.0 Å². The predicted molar refractivity (Wildman–Crippen MR) is 62.5 cm³/mol. The standard InChI is InChI=1S/C11H9N5O2/c1-5-2-3-6-7(4-5)13-10(12-6)16-11-14-8(17)9(18)15-11/h2-4,17-18H,1H3,(H,14,15)/b16-10+. The van der Waals surface area contributed by atoms with Crippen molar-refractivity contribution in [2.75, 3.05) is 0 Å². The smallest absolute Gasteiger partial charge is 0.276 e. The maximum Gasteiger partial charge on any atom is 0.276 e. The Morgan fingerprint density at radius 3 is 2.67 bits per heavy atom. The molecule has 0 fully saturated rings. The van der Waals surface area contributed by atoms with Gasteiger partial charge >= 0.3 is 0 Å². The Kier molecular flexibility index (Phi) is 2.12. The molecule has 0 atom stereocenters. The summed E-state index contributed by atoms with van der Waals surface area (Å²) in [5.41, 5.74) is 1.09. The third-order valence-corrected chi connectivity index (χ3v) is 2.43. The van der Waals surface area contributed by atoms with Gasteiger partial charge in [0.05, 0.1) is 10.7 Å². The number of benzene rings is 1. The normalized spacial score (nSPS) is 15.3. The van der Waals surface area contributed by atoms with Crippen LogP contribution in [0.4, 0.5) is 5.95 Å². The van der Waals surface area contributed by atoms with Crippen LogP contribution in [0.15, 0.2) is 33.2 Å². The fourth-order valence-electron chi connectivity index (χ4n) is 1.60. The maximum absolute atomic E-state index is 9.13. The van der Waals surface area contributed by atoms with E-state index in [9.17, 15) is 0 Å². The highest BCUT2D eigenvalue weighted by Crippen LogP contribution is 2.23. The van der Waals surface area contributed by atoms with Crippen molar-refractivity contribution < 1.29 is 10.2 Å². The number of fused-ring (bicyclic) bond motifs is 1. The number of aryl methyl sites for hydroxylation is 1. The minimum atomic E-state index is -0.499. The molecule has 1 aliphatic heterocycles. The minimum Gasteiger partial charge on any atom is -0.491 e. The van der Waals surface area contributed by atoms with E-state index in [4.69, 9.17) is 10.2 Å². The van der Waals surface area contributed by atoms with Gasteiger partial charge in [-0.05, 0) is 24.6 Å². The second-order valence-electron chi connectivity index (χ2n) is 3.86. The van der Waals surface area contributed by atoms with Gasteiger partial charge in [0.1, 0.15) is 0 Å². The van der Waals surface area contributed by atoms with Crippen LogP contribution in [0.1, 0.15) is 5.56 Å². The van der Waals surface area contributed by atoms with Gasteiger partial charge in [0.25, 0.3) is 17.7 Å². The number of hydrogen-bond donors (Lipinski definition) is 3. The van der Waals surface area contributed by atoms with Crippen LogP contribution in [0, 0.1) is 6.92 Å². The number of hydrogen-bond acceptors (Lipinski definition) is 4. The molecule has 0 bridgehead atoms. The summed E-state index contributed by atoms with van der Waals surface area (Å²) in [5, 5.41) is 19.7. The highest BCUT2D eigenvalue weighted by Gasteiger charge is 2.09.